The van der Waals surface area contributed by atoms with Crippen molar-refractivity contribution in [3.8, 4) is 17.2 Å². The summed E-state index contributed by atoms with van der Waals surface area (Å²) >= 11 is 6.87. The summed E-state index contributed by atoms with van der Waals surface area (Å²) in [7, 11) is 1.56. The van der Waals surface area contributed by atoms with Gasteiger partial charge < -0.3 is 14.2 Å². The zero-order valence-corrected chi connectivity index (χ0v) is 22.9. The molecule has 0 bridgehead atoms. The van der Waals surface area contributed by atoms with Gasteiger partial charge in [-0.15, -0.1) is 0 Å². The number of hydrazone groups is 1. The monoisotopic (exact) mass is 654 g/mol. The van der Waals surface area contributed by atoms with Gasteiger partial charge in [0.15, 0.2) is 17.3 Å². The topological polar surface area (TPSA) is 96.6 Å². The predicted octanol–water partition coefficient (Wildman–Crippen LogP) is 5.55. The van der Waals surface area contributed by atoms with Gasteiger partial charge in [0.2, 0.25) is 5.17 Å². The third-order valence-corrected chi connectivity index (χ3v) is 7.16. The van der Waals surface area contributed by atoms with E-state index >= 15 is 0 Å². The summed E-state index contributed by atoms with van der Waals surface area (Å²) in [5.74, 6) is 1.40. The van der Waals surface area contributed by atoms with Crippen molar-refractivity contribution in [2.45, 2.75) is 13.3 Å². The Balaban J connectivity index is 1.48. The normalized spacial score (nSPS) is 16.4. The highest BCUT2D eigenvalue weighted by molar-refractivity contribution is 14.1. The Kier molecular flexibility index (Phi) is 7.94. The fraction of sp³-hybridized carbons (Fsp3) is 0.217. The molecule has 0 radical (unpaired) electrons. The maximum absolute atomic E-state index is 12.6. The molecular weight excluding hydrogens is 635 g/mol. The van der Waals surface area contributed by atoms with Gasteiger partial charge in [0.1, 0.15) is 24.0 Å². The molecule has 0 aromatic heterocycles. The molecule has 2 aliphatic heterocycles. The largest absolute Gasteiger partial charge is 0.493 e. The molecule has 0 saturated carbocycles. The second kappa shape index (κ2) is 10.9. The summed E-state index contributed by atoms with van der Waals surface area (Å²) in [6.45, 7) is 2.67. The van der Waals surface area contributed by atoms with Gasteiger partial charge in [0, 0.05) is 4.47 Å². The molecule has 0 fully saturated rings. The Bertz CT molecular complexity index is 1230. The molecule has 0 saturated heterocycles. The average molecular weight is 655 g/mol. The molecule has 8 nitrogen and oxygen atoms in total. The lowest BCUT2D eigenvalue weighted by molar-refractivity contribution is -0.114. The van der Waals surface area contributed by atoms with E-state index in [-0.39, 0.29) is 11.4 Å². The van der Waals surface area contributed by atoms with Crippen LogP contribution in [0, 0.1) is 8.98 Å². The lowest BCUT2D eigenvalue weighted by Crippen LogP contribution is -2.35. The maximum Gasteiger partial charge on any atom is 0.283 e. The van der Waals surface area contributed by atoms with Gasteiger partial charge in [-0.2, -0.15) is 15.1 Å². The third-order valence-electron chi connectivity index (χ3n) is 4.77. The maximum atomic E-state index is 12.6. The molecule has 0 spiro atoms. The summed E-state index contributed by atoms with van der Waals surface area (Å²) in [4.78, 5) is 16.7. The number of hydrogen-bond acceptors (Lipinski definition) is 7. The predicted molar refractivity (Wildman–Crippen MR) is 146 cm³/mol. The van der Waals surface area contributed by atoms with E-state index in [4.69, 9.17) is 19.6 Å². The van der Waals surface area contributed by atoms with Crippen molar-refractivity contribution in [2.24, 2.45) is 10.1 Å². The number of carbonyl (C=O) groups is 1. The lowest BCUT2D eigenvalue weighted by atomic mass is 10.1. The summed E-state index contributed by atoms with van der Waals surface area (Å²) in [5, 5.41) is 15.5. The molecule has 1 N–H and O–H groups in total. The summed E-state index contributed by atoms with van der Waals surface area (Å²) in [6.07, 6.45) is 2.34. The van der Waals surface area contributed by atoms with Gasteiger partial charge in [0.05, 0.1) is 16.3 Å². The van der Waals surface area contributed by atoms with E-state index in [2.05, 4.69) is 48.6 Å². The Morgan fingerprint density at radius 3 is 2.65 bits per heavy atom. The molecule has 2 aliphatic rings. The van der Waals surface area contributed by atoms with Crippen LogP contribution in [0.25, 0.3) is 6.08 Å². The Morgan fingerprint density at radius 1 is 1.21 bits per heavy atom. The molecule has 34 heavy (non-hydrogen) atoms. The van der Waals surface area contributed by atoms with Crippen molar-refractivity contribution in [3.05, 3.63) is 55.6 Å². The quantitative estimate of drug-likeness (QED) is 0.228. The number of thioether (sulfide) groups is 1. The van der Waals surface area contributed by atoms with Crippen molar-refractivity contribution in [3.63, 3.8) is 0 Å². The standard InChI is InChI=1S/C23H20BrIN4O4S/c1-3-19-28-29-21(26)16(22(30)27-23(29)34-19)10-13-11-17(25)20(18(12-13)31-2)33-9-8-32-15-6-4-14(24)5-7-15/h4-7,10-12,26H,3,8-9H2,1-2H3/b16-10-,26-21?. The number of amidine groups is 2. The van der Waals surface area contributed by atoms with E-state index in [1.54, 1.807) is 19.3 Å². The van der Waals surface area contributed by atoms with Crippen LogP contribution in [0.2, 0.25) is 0 Å². The lowest BCUT2D eigenvalue weighted by Gasteiger charge is -2.20. The number of amides is 1. The first kappa shape index (κ1) is 24.7. The smallest absolute Gasteiger partial charge is 0.283 e. The van der Waals surface area contributed by atoms with E-state index in [0.29, 0.717) is 41.9 Å². The van der Waals surface area contributed by atoms with E-state index in [9.17, 15) is 4.79 Å². The van der Waals surface area contributed by atoms with Gasteiger partial charge in [-0.05, 0) is 88.8 Å². The van der Waals surface area contributed by atoms with Gasteiger partial charge >= 0.3 is 0 Å². The van der Waals surface area contributed by atoms with Crippen LogP contribution in [0.5, 0.6) is 17.2 Å². The van der Waals surface area contributed by atoms with E-state index < -0.39 is 5.91 Å². The number of fused-ring (bicyclic) bond motifs is 1. The van der Waals surface area contributed by atoms with Crippen LogP contribution < -0.4 is 14.2 Å². The third kappa shape index (κ3) is 5.47. The number of rotatable bonds is 8. The summed E-state index contributed by atoms with van der Waals surface area (Å²) in [5.41, 5.74) is 0.859. The molecular formula is C23H20BrIN4O4S. The first-order valence-electron chi connectivity index (χ1n) is 10.3. The summed E-state index contributed by atoms with van der Waals surface area (Å²) in [6, 6.07) is 11.2. The first-order valence-corrected chi connectivity index (χ1v) is 13.0. The molecule has 11 heteroatoms. The Hall–Kier alpha value is -2.38. The first-order chi connectivity index (χ1) is 16.4. The van der Waals surface area contributed by atoms with Crippen LogP contribution in [0.3, 0.4) is 0 Å². The molecule has 176 valence electrons. The molecule has 4 rings (SSSR count). The molecule has 2 aromatic carbocycles. The number of ether oxygens (including phenoxy) is 3. The van der Waals surface area contributed by atoms with Crippen LogP contribution in [0.15, 0.2) is 56.5 Å². The number of carbonyl (C=O) groups excluding carboxylic acids is 1. The van der Waals surface area contributed by atoms with E-state index in [1.165, 1.54) is 16.8 Å². The van der Waals surface area contributed by atoms with Crippen LogP contribution >= 0.6 is 50.3 Å². The SMILES string of the molecule is CCC1=NN2C(=N)/C(=C/c3cc(I)c(OCCOc4ccc(Br)cc4)c(OC)c3)C(=O)N=C2S1. The van der Waals surface area contributed by atoms with Gasteiger partial charge in [-0.1, -0.05) is 22.9 Å². The Labute approximate surface area is 223 Å². The highest BCUT2D eigenvalue weighted by Gasteiger charge is 2.35. The van der Waals surface area contributed by atoms with Crippen molar-refractivity contribution >= 4 is 78.3 Å². The van der Waals surface area contributed by atoms with Crippen molar-refractivity contribution in [2.75, 3.05) is 20.3 Å². The molecule has 0 aliphatic carbocycles. The second-order valence-corrected chi connectivity index (χ2v) is 10.2. The van der Waals surface area contributed by atoms with Crippen molar-refractivity contribution in [1.82, 2.24) is 5.01 Å². The van der Waals surface area contributed by atoms with Crippen LogP contribution in [-0.2, 0) is 4.79 Å². The summed E-state index contributed by atoms with van der Waals surface area (Å²) < 4.78 is 18.9. The van der Waals surface area contributed by atoms with Crippen molar-refractivity contribution in [1.29, 1.82) is 5.41 Å². The fourth-order valence-corrected chi connectivity index (χ4v) is 5.01. The number of nitrogens with one attached hydrogen (secondary N) is 1. The number of halogens is 2. The number of methoxy groups -OCH3 is 1. The molecule has 2 heterocycles. The highest BCUT2D eigenvalue weighted by Crippen LogP contribution is 2.35. The van der Waals surface area contributed by atoms with Gasteiger partial charge in [-0.3, -0.25) is 10.2 Å². The molecule has 2 aromatic rings. The minimum Gasteiger partial charge on any atom is -0.493 e. The minimum absolute atomic E-state index is 0.00495. The zero-order chi connectivity index (χ0) is 24.2. The second-order valence-electron chi connectivity index (χ2n) is 7.05. The zero-order valence-electron chi connectivity index (χ0n) is 18.3. The van der Waals surface area contributed by atoms with Crippen molar-refractivity contribution < 1.29 is 19.0 Å². The van der Waals surface area contributed by atoms with Crippen LogP contribution in [0.4, 0.5) is 0 Å². The molecule has 0 atom stereocenters. The van der Waals surface area contributed by atoms with E-state index in [1.807, 2.05) is 37.3 Å². The minimum atomic E-state index is -0.462. The average Bonchev–Trinajstić information content (AvgIpc) is 3.24. The van der Waals surface area contributed by atoms with Crippen LogP contribution in [-0.4, -0.2) is 47.3 Å². The highest BCUT2D eigenvalue weighted by atomic mass is 127. The number of aliphatic imine (C=N–C) groups is 1. The molecule has 1 amide bonds. The Morgan fingerprint density at radius 2 is 1.94 bits per heavy atom. The molecule has 0 unspecified atom stereocenters. The van der Waals surface area contributed by atoms with Crippen LogP contribution in [0.1, 0.15) is 18.9 Å². The fourth-order valence-electron chi connectivity index (χ4n) is 3.14. The van der Waals surface area contributed by atoms with Gasteiger partial charge in [-0.25, -0.2) is 0 Å². The van der Waals surface area contributed by atoms with Gasteiger partial charge in [0.25, 0.3) is 5.91 Å². The number of benzene rings is 2. The number of hydrogen-bond donors (Lipinski definition) is 1. The van der Waals surface area contributed by atoms with E-state index in [0.717, 1.165) is 18.8 Å². The number of nitrogens with zero attached hydrogens (tertiary/aromatic N) is 3.